The monoisotopic (exact) mass is 224 g/mol. The molecule has 0 spiro atoms. The third-order valence-corrected chi connectivity index (χ3v) is 4.71. The number of hydrogen-bond donors (Lipinski definition) is 2. The van der Waals surface area contributed by atoms with Gasteiger partial charge in [-0.3, -0.25) is 4.79 Å². The lowest BCUT2D eigenvalue weighted by Crippen LogP contribution is -2.68. The van der Waals surface area contributed by atoms with Crippen molar-refractivity contribution < 1.29 is 9.90 Å². The van der Waals surface area contributed by atoms with E-state index in [1.54, 1.807) is 0 Å². The number of carbonyl (C=O) groups excluding carboxylic acids is 1. The van der Waals surface area contributed by atoms with Crippen LogP contribution in [0, 0.1) is 11.3 Å². The average molecular weight is 224 g/mol. The summed E-state index contributed by atoms with van der Waals surface area (Å²) in [6.07, 6.45) is 5.23. The topological polar surface area (TPSA) is 66.6 Å². The van der Waals surface area contributed by atoms with Gasteiger partial charge >= 0.3 is 0 Å². The fourth-order valence-electron chi connectivity index (χ4n) is 3.08. The van der Waals surface area contributed by atoms with Crippen LogP contribution in [0.2, 0.25) is 0 Å². The zero-order chi connectivity index (χ0) is 11.4. The second-order valence-electron chi connectivity index (χ2n) is 5.88. The van der Waals surface area contributed by atoms with E-state index in [-0.39, 0.29) is 11.3 Å². The molecule has 3 rings (SSSR count). The minimum Gasteiger partial charge on any atom is -0.386 e. The Morgan fingerprint density at radius 3 is 2.38 bits per heavy atom. The van der Waals surface area contributed by atoms with Gasteiger partial charge in [0.15, 0.2) is 0 Å². The molecule has 1 saturated heterocycles. The van der Waals surface area contributed by atoms with E-state index in [9.17, 15) is 9.90 Å². The molecule has 0 aromatic rings. The van der Waals surface area contributed by atoms with Crippen LogP contribution in [-0.2, 0) is 4.79 Å². The predicted molar refractivity (Wildman–Crippen MR) is 59.6 cm³/mol. The van der Waals surface area contributed by atoms with E-state index in [0.29, 0.717) is 25.6 Å². The molecule has 3 N–H and O–H groups in total. The highest BCUT2D eigenvalue weighted by Gasteiger charge is 2.56. The Bertz CT molecular complexity index is 309. The second kappa shape index (κ2) is 3.20. The van der Waals surface area contributed by atoms with E-state index < -0.39 is 5.60 Å². The Morgan fingerprint density at radius 2 is 2.00 bits per heavy atom. The van der Waals surface area contributed by atoms with E-state index in [1.165, 1.54) is 0 Å². The molecular weight excluding hydrogens is 204 g/mol. The summed E-state index contributed by atoms with van der Waals surface area (Å²) in [5, 5.41) is 10.2. The molecule has 1 amide bonds. The Labute approximate surface area is 95.8 Å². The summed E-state index contributed by atoms with van der Waals surface area (Å²) in [5.41, 5.74) is 4.88. The minimum atomic E-state index is -0.560. The zero-order valence-corrected chi connectivity index (χ0v) is 9.61. The average Bonchev–Trinajstić information content (AvgIpc) is 2.95. The quantitative estimate of drug-likeness (QED) is 0.714. The first-order chi connectivity index (χ1) is 7.60. The van der Waals surface area contributed by atoms with Crippen molar-refractivity contribution in [2.75, 3.05) is 19.6 Å². The van der Waals surface area contributed by atoms with Crippen LogP contribution in [0.1, 0.15) is 32.1 Å². The highest BCUT2D eigenvalue weighted by atomic mass is 16.3. The van der Waals surface area contributed by atoms with Crippen LogP contribution in [0.5, 0.6) is 0 Å². The highest BCUT2D eigenvalue weighted by molar-refractivity contribution is 5.85. The summed E-state index contributed by atoms with van der Waals surface area (Å²) in [5.74, 6) is 0.637. The molecule has 0 unspecified atom stereocenters. The van der Waals surface area contributed by atoms with Crippen molar-refractivity contribution in [3.63, 3.8) is 0 Å². The molecule has 1 aliphatic heterocycles. The van der Waals surface area contributed by atoms with Gasteiger partial charge in [-0.15, -0.1) is 0 Å². The Balaban J connectivity index is 1.61. The van der Waals surface area contributed by atoms with Crippen molar-refractivity contribution in [2.24, 2.45) is 17.1 Å². The fourth-order valence-corrected chi connectivity index (χ4v) is 3.08. The van der Waals surface area contributed by atoms with Gasteiger partial charge < -0.3 is 15.7 Å². The Kier molecular flexibility index (Phi) is 2.11. The van der Waals surface area contributed by atoms with Crippen LogP contribution < -0.4 is 5.73 Å². The molecule has 0 atom stereocenters. The van der Waals surface area contributed by atoms with Gasteiger partial charge in [-0.05, 0) is 31.6 Å². The maximum absolute atomic E-state index is 12.2. The molecule has 2 aliphatic carbocycles. The van der Waals surface area contributed by atoms with Crippen LogP contribution >= 0.6 is 0 Å². The van der Waals surface area contributed by atoms with Crippen LogP contribution in [0.3, 0.4) is 0 Å². The van der Waals surface area contributed by atoms with Gasteiger partial charge in [0.2, 0.25) is 5.91 Å². The lowest BCUT2D eigenvalue weighted by Gasteiger charge is -2.52. The van der Waals surface area contributed by atoms with Gasteiger partial charge in [-0.2, -0.15) is 0 Å². The summed E-state index contributed by atoms with van der Waals surface area (Å²) in [7, 11) is 0. The van der Waals surface area contributed by atoms with Gasteiger partial charge in [-0.25, -0.2) is 0 Å². The molecule has 3 aliphatic rings. The normalized spacial score (nSPS) is 30.5. The van der Waals surface area contributed by atoms with E-state index in [4.69, 9.17) is 5.73 Å². The number of nitrogens with zero attached hydrogens (tertiary/aromatic N) is 1. The summed E-state index contributed by atoms with van der Waals surface area (Å²) in [4.78, 5) is 14.0. The van der Waals surface area contributed by atoms with Crippen molar-refractivity contribution >= 4 is 5.91 Å². The standard InChI is InChI=1S/C12H20N2O2/c13-6-11(4-1-5-11)10(15)14-7-12(16,8-14)9-2-3-9/h9,16H,1-8,13H2. The summed E-state index contributed by atoms with van der Waals surface area (Å²) in [6.45, 7) is 1.54. The SMILES string of the molecule is NCC1(C(=O)N2CC(O)(C3CC3)C2)CCC1. The lowest BCUT2D eigenvalue weighted by molar-refractivity contribution is -0.173. The number of aliphatic hydroxyl groups is 1. The van der Waals surface area contributed by atoms with E-state index in [1.807, 2.05) is 4.90 Å². The van der Waals surface area contributed by atoms with E-state index in [0.717, 1.165) is 32.1 Å². The molecule has 2 saturated carbocycles. The fraction of sp³-hybridized carbons (Fsp3) is 0.917. The number of likely N-dealkylation sites (tertiary alicyclic amines) is 1. The number of amides is 1. The molecule has 0 bridgehead atoms. The second-order valence-corrected chi connectivity index (χ2v) is 5.88. The number of hydrogen-bond acceptors (Lipinski definition) is 3. The maximum Gasteiger partial charge on any atom is 0.230 e. The van der Waals surface area contributed by atoms with Crippen LogP contribution in [0.15, 0.2) is 0 Å². The molecule has 0 radical (unpaired) electrons. The van der Waals surface area contributed by atoms with Gasteiger partial charge in [0.25, 0.3) is 0 Å². The minimum absolute atomic E-state index is 0.187. The molecule has 90 valence electrons. The Morgan fingerprint density at radius 1 is 1.38 bits per heavy atom. The van der Waals surface area contributed by atoms with Gasteiger partial charge in [0, 0.05) is 6.54 Å². The summed E-state index contributed by atoms with van der Waals surface area (Å²) >= 11 is 0. The molecule has 1 heterocycles. The van der Waals surface area contributed by atoms with Gasteiger partial charge in [-0.1, -0.05) is 6.42 Å². The van der Waals surface area contributed by atoms with Crippen molar-refractivity contribution in [3.05, 3.63) is 0 Å². The van der Waals surface area contributed by atoms with Crippen molar-refractivity contribution in [1.29, 1.82) is 0 Å². The number of β-amino-alcohol motifs (C(OH)–C–C–N with tert-alkyl or cyclic N) is 1. The van der Waals surface area contributed by atoms with Crippen molar-refractivity contribution in [3.8, 4) is 0 Å². The number of carbonyl (C=O) groups is 1. The van der Waals surface area contributed by atoms with Crippen molar-refractivity contribution in [1.82, 2.24) is 4.90 Å². The summed E-state index contributed by atoms with van der Waals surface area (Å²) in [6, 6.07) is 0. The van der Waals surface area contributed by atoms with Crippen LogP contribution in [0.25, 0.3) is 0 Å². The van der Waals surface area contributed by atoms with Gasteiger partial charge in [0.1, 0.15) is 5.60 Å². The molecule has 4 heteroatoms. The maximum atomic E-state index is 12.2. The van der Waals surface area contributed by atoms with Crippen LogP contribution in [-0.4, -0.2) is 41.1 Å². The first-order valence-electron chi connectivity index (χ1n) is 6.31. The van der Waals surface area contributed by atoms with Crippen LogP contribution in [0.4, 0.5) is 0 Å². The lowest BCUT2D eigenvalue weighted by atomic mass is 9.67. The molecule has 0 aromatic heterocycles. The Hall–Kier alpha value is -0.610. The molecule has 4 nitrogen and oxygen atoms in total. The zero-order valence-electron chi connectivity index (χ0n) is 9.61. The first kappa shape index (κ1) is 10.5. The predicted octanol–water partition coefficient (Wildman–Crippen LogP) is 0.0987. The van der Waals surface area contributed by atoms with Crippen molar-refractivity contribution in [2.45, 2.75) is 37.7 Å². The summed E-state index contributed by atoms with van der Waals surface area (Å²) < 4.78 is 0. The smallest absolute Gasteiger partial charge is 0.230 e. The first-order valence-corrected chi connectivity index (χ1v) is 6.31. The molecule has 3 fully saturated rings. The third-order valence-electron chi connectivity index (χ3n) is 4.71. The molecule has 0 aromatic carbocycles. The largest absolute Gasteiger partial charge is 0.386 e. The number of nitrogens with two attached hydrogens (primary N) is 1. The molecular formula is C12H20N2O2. The van der Waals surface area contributed by atoms with E-state index in [2.05, 4.69) is 0 Å². The highest BCUT2D eigenvalue weighted by Crippen LogP contribution is 2.48. The van der Waals surface area contributed by atoms with Gasteiger partial charge in [0.05, 0.1) is 18.5 Å². The number of rotatable bonds is 3. The molecule has 16 heavy (non-hydrogen) atoms. The van der Waals surface area contributed by atoms with E-state index >= 15 is 0 Å². The third kappa shape index (κ3) is 1.32.